The van der Waals surface area contributed by atoms with Crippen LogP contribution < -0.4 is 10.1 Å². The van der Waals surface area contributed by atoms with E-state index in [0.29, 0.717) is 12.3 Å². The van der Waals surface area contributed by atoms with Crippen LogP contribution in [0.1, 0.15) is 6.92 Å². The van der Waals surface area contributed by atoms with E-state index in [1.165, 1.54) is 33.5 Å². The van der Waals surface area contributed by atoms with Gasteiger partial charge in [-0.05, 0) is 40.4 Å². The molecule has 1 atom stereocenters. The van der Waals surface area contributed by atoms with Crippen LogP contribution in [-0.4, -0.2) is 25.0 Å². The maximum Gasteiger partial charge on any atom is 0.408 e. The van der Waals surface area contributed by atoms with Crippen LogP contribution in [0.15, 0.2) is 24.3 Å². The van der Waals surface area contributed by atoms with Gasteiger partial charge in [0.1, 0.15) is 12.3 Å². The number of anilines is 1. The Morgan fingerprint density at radius 1 is 1.39 bits per heavy atom. The van der Waals surface area contributed by atoms with E-state index in [4.69, 9.17) is 4.74 Å². The first-order valence-electron chi connectivity index (χ1n) is 5.26. The fraction of sp³-hybridized carbons (Fsp3) is 0.364. The molecule has 1 N–H and O–H groups in total. The highest BCUT2D eigenvalue weighted by molar-refractivity contribution is 7.17. The van der Waals surface area contributed by atoms with Crippen molar-refractivity contribution in [2.45, 2.75) is 12.8 Å². The van der Waals surface area contributed by atoms with Crippen LogP contribution >= 0.6 is 9.24 Å². The monoisotopic (exact) mass is 277 g/mol. The number of carbonyl (C=O) groups excluding carboxylic acids is 1. The van der Waals surface area contributed by atoms with Crippen molar-refractivity contribution >= 4 is 20.9 Å². The van der Waals surface area contributed by atoms with Gasteiger partial charge < -0.3 is 14.8 Å². The molecule has 0 aliphatic carbocycles. The van der Waals surface area contributed by atoms with E-state index in [1.807, 2.05) is 0 Å². The zero-order chi connectivity index (χ0) is 13.6. The van der Waals surface area contributed by atoms with Gasteiger partial charge in [0, 0.05) is 5.69 Å². The van der Waals surface area contributed by atoms with Gasteiger partial charge in [0.2, 0.25) is 0 Å². The lowest BCUT2D eigenvalue weighted by Crippen LogP contribution is -2.17. The molecule has 0 heterocycles. The van der Waals surface area contributed by atoms with Gasteiger partial charge in [-0.3, -0.25) is 4.79 Å². The second-order valence-electron chi connectivity index (χ2n) is 3.35. The van der Waals surface area contributed by atoms with E-state index in [-0.39, 0.29) is 18.3 Å². The van der Waals surface area contributed by atoms with E-state index in [0.717, 1.165) is 0 Å². The first-order valence-corrected chi connectivity index (χ1v) is 5.83. The molecule has 1 unspecified atom stereocenters. The van der Waals surface area contributed by atoms with Crippen molar-refractivity contribution in [3.63, 3.8) is 0 Å². The molecule has 1 rings (SSSR count). The summed E-state index contributed by atoms with van der Waals surface area (Å²) in [5.74, 6) is -3.63. The van der Waals surface area contributed by atoms with Crippen LogP contribution in [0.4, 0.5) is 14.5 Å². The minimum atomic E-state index is -3.29. The fourth-order valence-corrected chi connectivity index (χ4v) is 1.32. The molecule has 0 saturated carbocycles. The number of rotatable bonds is 6. The Hall–Kier alpha value is -1.42. The predicted octanol–water partition coefficient (Wildman–Crippen LogP) is 2.47. The van der Waals surface area contributed by atoms with Gasteiger partial charge in [-0.25, -0.2) is 0 Å². The minimum absolute atomic E-state index is 0.0217. The third kappa shape index (κ3) is 5.77. The van der Waals surface area contributed by atoms with Gasteiger partial charge in [0.25, 0.3) is 0 Å². The lowest BCUT2D eigenvalue weighted by atomic mass is 10.3. The summed E-state index contributed by atoms with van der Waals surface area (Å²) in [5.41, 5.74) is 0.613. The number of nitrogens with one attached hydrogen (secondary N) is 1. The molecule has 0 aliphatic heterocycles. The van der Waals surface area contributed by atoms with Gasteiger partial charge in [0.05, 0.1) is 6.61 Å². The maximum absolute atomic E-state index is 12.5. The Morgan fingerprint density at radius 2 is 2.00 bits per heavy atom. The Labute approximate surface area is 106 Å². The minimum Gasteiger partial charge on any atom is -0.465 e. The van der Waals surface area contributed by atoms with Crippen LogP contribution in [0.2, 0.25) is 0 Å². The molecule has 0 amide bonds. The van der Waals surface area contributed by atoms with Crippen LogP contribution in [0.5, 0.6) is 5.75 Å². The normalized spacial score (nSPS) is 10.9. The fourth-order valence-electron chi connectivity index (χ4n) is 1.18. The summed E-state index contributed by atoms with van der Waals surface area (Å²) in [6.07, 6.45) is 0. The highest BCUT2D eigenvalue weighted by atomic mass is 31.0. The topological polar surface area (TPSA) is 47.6 Å². The van der Waals surface area contributed by atoms with Gasteiger partial charge in [0.15, 0.2) is 0 Å². The molecule has 0 aliphatic rings. The lowest BCUT2D eigenvalue weighted by Gasteiger charge is -2.13. The molecular weight excluding hydrogens is 263 g/mol. The molecule has 0 spiro atoms. The Morgan fingerprint density at radius 3 is 2.50 bits per heavy atom. The summed E-state index contributed by atoms with van der Waals surface area (Å²) < 4.78 is 34.1. The molecule has 0 fully saturated rings. The number of benzene rings is 1. The molecule has 0 saturated heterocycles. The average Bonchev–Trinajstić information content (AvgIpc) is 2.26. The zero-order valence-electron chi connectivity index (χ0n) is 9.78. The summed E-state index contributed by atoms with van der Waals surface area (Å²) in [4.78, 5) is 11.1. The number of alkyl halides is 2. The van der Waals surface area contributed by atoms with Crippen LogP contribution in [0.3, 0.4) is 0 Å². The second-order valence-corrected chi connectivity index (χ2v) is 4.02. The maximum atomic E-state index is 12.5. The lowest BCUT2D eigenvalue weighted by molar-refractivity contribution is -0.140. The number of hydrogen-bond acceptors (Lipinski definition) is 4. The van der Waals surface area contributed by atoms with Crippen molar-refractivity contribution in [3.05, 3.63) is 24.3 Å². The van der Waals surface area contributed by atoms with Gasteiger partial charge in [-0.2, -0.15) is 8.78 Å². The molecule has 1 aromatic carbocycles. The summed E-state index contributed by atoms with van der Waals surface area (Å²) in [6, 6.07) is 5.83. The highest BCUT2D eigenvalue weighted by Gasteiger charge is 2.23. The van der Waals surface area contributed by atoms with Gasteiger partial charge in [-0.15, -0.1) is 0 Å². The van der Waals surface area contributed by atoms with E-state index in [9.17, 15) is 13.6 Å². The zero-order valence-corrected chi connectivity index (χ0v) is 10.9. The van der Waals surface area contributed by atoms with Crippen LogP contribution in [0, 0.1) is 0 Å². The Balaban J connectivity index is 2.48. The summed E-state index contributed by atoms with van der Waals surface area (Å²) >= 11 is 0. The number of halogens is 2. The van der Waals surface area contributed by atoms with Crippen molar-refractivity contribution in [2.24, 2.45) is 0 Å². The third-order valence-electron chi connectivity index (χ3n) is 1.85. The number of carbonyl (C=O) groups is 1. The molecular formula is C11H14F2NO3P. The van der Waals surface area contributed by atoms with Crippen molar-refractivity contribution in [3.8, 4) is 5.75 Å². The van der Waals surface area contributed by atoms with E-state index >= 15 is 0 Å². The second kappa shape index (κ2) is 6.50. The van der Waals surface area contributed by atoms with Crippen LogP contribution in [-0.2, 0) is 9.53 Å². The van der Waals surface area contributed by atoms with Gasteiger partial charge in [-0.1, -0.05) is 0 Å². The molecule has 0 aromatic heterocycles. The first kappa shape index (κ1) is 14.6. The highest BCUT2D eigenvalue weighted by Crippen LogP contribution is 2.27. The molecule has 0 bridgehead atoms. The molecule has 4 nitrogen and oxygen atoms in total. The van der Waals surface area contributed by atoms with Crippen molar-refractivity contribution in [2.75, 3.05) is 18.5 Å². The molecule has 7 heteroatoms. The standard InChI is InChI=1S/C11H14F2NO3P/c1-2-16-10(15)7-14-8-3-5-9(6-4-8)17-11(12,13)18/h3-6,14H,2,7,18H2,1H3. The number of hydrogen-bond donors (Lipinski definition) is 1. The largest absolute Gasteiger partial charge is 0.465 e. The van der Waals surface area contributed by atoms with Crippen molar-refractivity contribution in [1.82, 2.24) is 0 Å². The van der Waals surface area contributed by atoms with E-state index < -0.39 is 5.85 Å². The van der Waals surface area contributed by atoms with Gasteiger partial charge >= 0.3 is 11.8 Å². The third-order valence-corrected chi connectivity index (χ3v) is 1.97. The van der Waals surface area contributed by atoms with E-state index in [1.54, 1.807) is 6.92 Å². The Kier molecular flexibility index (Phi) is 5.28. The summed E-state index contributed by atoms with van der Waals surface area (Å²) in [5, 5.41) is 2.80. The molecule has 100 valence electrons. The number of ether oxygens (including phenoxy) is 2. The molecule has 0 radical (unpaired) electrons. The summed E-state index contributed by atoms with van der Waals surface area (Å²) in [6.45, 7) is 2.05. The molecule has 1 aromatic rings. The average molecular weight is 277 g/mol. The number of esters is 1. The van der Waals surface area contributed by atoms with Crippen molar-refractivity contribution < 1.29 is 23.0 Å². The van der Waals surface area contributed by atoms with Crippen LogP contribution in [0.25, 0.3) is 0 Å². The SMILES string of the molecule is CCOC(=O)CNc1ccc(OC(F)(F)P)cc1. The Bertz CT molecular complexity index is 392. The quantitative estimate of drug-likeness (QED) is 0.641. The first-order chi connectivity index (χ1) is 8.40. The summed E-state index contributed by atoms with van der Waals surface area (Å²) in [7, 11) is 1.29. The predicted molar refractivity (Wildman–Crippen MR) is 66.8 cm³/mol. The van der Waals surface area contributed by atoms with E-state index in [2.05, 4.69) is 10.1 Å². The van der Waals surface area contributed by atoms with Crippen molar-refractivity contribution in [1.29, 1.82) is 0 Å². The molecule has 18 heavy (non-hydrogen) atoms. The smallest absolute Gasteiger partial charge is 0.408 e.